The van der Waals surface area contributed by atoms with Crippen molar-refractivity contribution in [3.63, 3.8) is 0 Å². The van der Waals surface area contributed by atoms with Crippen molar-refractivity contribution in [1.82, 2.24) is 0 Å². The Morgan fingerprint density at radius 1 is 1.46 bits per heavy atom. The number of rotatable bonds is 3. The van der Waals surface area contributed by atoms with Gasteiger partial charge in [-0.3, -0.25) is 0 Å². The summed E-state index contributed by atoms with van der Waals surface area (Å²) < 4.78 is 4.22. The minimum absolute atomic E-state index is 0.283. The second kappa shape index (κ2) is 8.58. The molecule has 0 aliphatic carbocycles. The van der Waals surface area contributed by atoms with E-state index in [1.807, 2.05) is 13.8 Å². The molecule has 0 aliphatic rings. The van der Waals surface area contributed by atoms with Crippen LogP contribution < -0.4 is 0 Å². The van der Waals surface area contributed by atoms with E-state index >= 15 is 0 Å². The summed E-state index contributed by atoms with van der Waals surface area (Å²) in [7, 11) is 0. The van der Waals surface area contributed by atoms with Gasteiger partial charge in [-0.2, -0.15) is 0 Å². The van der Waals surface area contributed by atoms with Crippen molar-refractivity contribution in [2.24, 2.45) is 5.92 Å². The summed E-state index contributed by atoms with van der Waals surface area (Å²) in [6.07, 6.45) is -0.362. The summed E-state index contributed by atoms with van der Waals surface area (Å²) in [6.45, 7) is 7.03. The van der Waals surface area contributed by atoms with Crippen molar-refractivity contribution >= 4 is 12.1 Å². The molecule has 76 valence electrons. The molecule has 0 aliphatic heterocycles. The molecular formula is C8H14O5. The van der Waals surface area contributed by atoms with Gasteiger partial charge in [-0.15, -0.1) is 0 Å². The predicted octanol–water partition coefficient (Wildman–Crippen LogP) is 1.59. The normalized spacial score (nSPS) is 8.23. The van der Waals surface area contributed by atoms with Crippen LogP contribution in [-0.4, -0.2) is 28.9 Å². The maximum atomic E-state index is 9.68. The van der Waals surface area contributed by atoms with Crippen LogP contribution in [0.2, 0.25) is 0 Å². The molecule has 0 unspecified atom stereocenters. The van der Waals surface area contributed by atoms with E-state index in [0.29, 0.717) is 0 Å². The summed E-state index contributed by atoms with van der Waals surface area (Å²) in [5, 5.41) is 15.5. The number of hydrogen-bond acceptors (Lipinski definition) is 3. The first-order valence-electron chi connectivity index (χ1n) is 3.61. The van der Waals surface area contributed by atoms with E-state index in [1.54, 1.807) is 0 Å². The molecule has 0 rings (SSSR count). The van der Waals surface area contributed by atoms with Crippen LogP contribution in [0.15, 0.2) is 12.7 Å². The maximum absolute atomic E-state index is 9.68. The van der Waals surface area contributed by atoms with Gasteiger partial charge in [0.05, 0.1) is 6.61 Å². The van der Waals surface area contributed by atoms with Gasteiger partial charge < -0.3 is 14.9 Å². The maximum Gasteiger partial charge on any atom is 0.505 e. The molecule has 5 heteroatoms. The number of carboxylic acids is 1. The van der Waals surface area contributed by atoms with E-state index < -0.39 is 12.1 Å². The van der Waals surface area contributed by atoms with Crippen LogP contribution in [0.4, 0.5) is 4.79 Å². The molecule has 0 aromatic rings. The fourth-order valence-electron chi connectivity index (χ4n) is 0.238. The first kappa shape index (κ1) is 14.0. The summed E-state index contributed by atoms with van der Waals surface area (Å²) in [4.78, 5) is 18.9. The van der Waals surface area contributed by atoms with Gasteiger partial charge in [-0.25, -0.2) is 9.59 Å². The molecule has 0 aromatic heterocycles. The quantitative estimate of drug-likeness (QED) is 0.521. The molecule has 0 radical (unpaired) electrons. The van der Waals surface area contributed by atoms with Crippen molar-refractivity contribution in [3.05, 3.63) is 12.7 Å². The highest BCUT2D eigenvalue weighted by Gasteiger charge is 1.97. The SMILES string of the molecule is C=CC(=O)O.CC(C)COC(=O)O. The van der Waals surface area contributed by atoms with Crippen LogP contribution in [0.3, 0.4) is 0 Å². The molecular weight excluding hydrogens is 176 g/mol. The molecule has 5 nitrogen and oxygen atoms in total. The zero-order valence-corrected chi connectivity index (χ0v) is 7.69. The van der Waals surface area contributed by atoms with Crippen molar-refractivity contribution in [2.45, 2.75) is 13.8 Å². The van der Waals surface area contributed by atoms with Crippen molar-refractivity contribution < 1.29 is 24.5 Å². The van der Waals surface area contributed by atoms with E-state index in [4.69, 9.17) is 10.2 Å². The Labute approximate surface area is 76.6 Å². The standard InChI is InChI=1S/C5H10O3.C3H4O2/c1-4(2)3-8-5(6)7;1-2-3(4)5/h4H,3H2,1-2H3,(H,6,7);2H,1H2,(H,4,5). The molecule has 0 fully saturated rings. The van der Waals surface area contributed by atoms with E-state index in [0.717, 1.165) is 6.08 Å². The summed E-state index contributed by atoms with van der Waals surface area (Å²) in [5.74, 6) is -0.698. The van der Waals surface area contributed by atoms with Crippen LogP contribution >= 0.6 is 0 Å². The molecule has 0 atom stereocenters. The highest BCUT2D eigenvalue weighted by Crippen LogP contribution is 1.91. The lowest BCUT2D eigenvalue weighted by atomic mass is 10.2. The highest BCUT2D eigenvalue weighted by atomic mass is 16.7. The van der Waals surface area contributed by atoms with E-state index in [9.17, 15) is 9.59 Å². The number of ether oxygens (including phenoxy) is 1. The van der Waals surface area contributed by atoms with Crippen LogP contribution in [0.1, 0.15) is 13.8 Å². The Balaban J connectivity index is 0. The summed E-state index contributed by atoms with van der Waals surface area (Å²) in [6, 6.07) is 0. The highest BCUT2D eigenvalue weighted by molar-refractivity contribution is 5.78. The van der Waals surface area contributed by atoms with Crippen LogP contribution in [0.5, 0.6) is 0 Å². The minimum atomic E-state index is -1.20. The average Bonchev–Trinajstić information content (AvgIpc) is 2.02. The summed E-state index contributed by atoms with van der Waals surface area (Å²) >= 11 is 0. The lowest BCUT2D eigenvalue weighted by Crippen LogP contribution is -2.06. The Kier molecular flexibility index (Phi) is 9.25. The number of aliphatic carboxylic acids is 1. The van der Waals surface area contributed by atoms with E-state index in [-0.39, 0.29) is 12.5 Å². The van der Waals surface area contributed by atoms with Crippen LogP contribution in [0.25, 0.3) is 0 Å². The van der Waals surface area contributed by atoms with Crippen molar-refractivity contribution in [3.8, 4) is 0 Å². The van der Waals surface area contributed by atoms with Gasteiger partial charge in [0.25, 0.3) is 0 Å². The molecule has 0 saturated heterocycles. The first-order valence-corrected chi connectivity index (χ1v) is 3.61. The molecule has 13 heavy (non-hydrogen) atoms. The fourth-order valence-corrected chi connectivity index (χ4v) is 0.238. The van der Waals surface area contributed by atoms with Crippen LogP contribution in [-0.2, 0) is 9.53 Å². The third kappa shape index (κ3) is 25.1. The second-order valence-electron chi connectivity index (χ2n) is 2.51. The average molecular weight is 190 g/mol. The molecule has 0 aromatic carbocycles. The largest absolute Gasteiger partial charge is 0.505 e. The van der Waals surface area contributed by atoms with Gasteiger partial charge in [0.2, 0.25) is 0 Å². The number of carbonyl (C=O) groups is 2. The number of hydrogen-bond donors (Lipinski definition) is 2. The molecule has 0 bridgehead atoms. The van der Waals surface area contributed by atoms with Crippen LogP contribution in [0, 0.1) is 5.92 Å². The fraction of sp³-hybridized carbons (Fsp3) is 0.500. The number of carboxylic acid groups (broad SMARTS) is 2. The van der Waals surface area contributed by atoms with Gasteiger partial charge in [0.1, 0.15) is 0 Å². The van der Waals surface area contributed by atoms with Gasteiger partial charge in [0.15, 0.2) is 0 Å². The third-order valence-corrected chi connectivity index (χ3v) is 0.715. The van der Waals surface area contributed by atoms with E-state index in [2.05, 4.69) is 11.3 Å². The lowest BCUT2D eigenvalue weighted by molar-refractivity contribution is -0.131. The van der Waals surface area contributed by atoms with Gasteiger partial charge >= 0.3 is 12.1 Å². The zero-order valence-electron chi connectivity index (χ0n) is 7.69. The smallest absolute Gasteiger partial charge is 0.478 e. The molecule has 0 amide bonds. The molecule has 2 N–H and O–H groups in total. The Morgan fingerprint density at radius 3 is 1.92 bits per heavy atom. The Bertz CT molecular complexity index is 173. The van der Waals surface area contributed by atoms with Gasteiger partial charge in [0, 0.05) is 6.08 Å². The third-order valence-electron chi connectivity index (χ3n) is 0.715. The monoisotopic (exact) mass is 190 g/mol. The second-order valence-corrected chi connectivity index (χ2v) is 2.51. The Morgan fingerprint density at radius 2 is 1.85 bits per heavy atom. The van der Waals surface area contributed by atoms with Crippen molar-refractivity contribution in [1.29, 1.82) is 0 Å². The van der Waals surface area contributed by atoms with Gasteiger partial charge in [-0.05, 0) is 5.92 Å². The van der Waals surface area contributed by atoms with E-state index in [1.165, 1.54) is 0 Å². The summed E-state index contributed by atoms with van der Waals surface area (Å²) in [5.41, 5.74) is 0. The minimum Gasteiger partial charge on any atom is -0.478 e. The zero-order chi connectivity index (χ0) is 10.9. The van der Waals surface area contributed by atoms with Gasteiger partial charge in [-0.1, -0.05) is 20.4 Å². The lowest BCUT2D eigenvalue weighted by Gasteiger charge is -2.00. The molecule has 0 saturated carbocycles. The predicted molar refractivity (Wildman–Crippen MR) is 46.6 cm³/mol. The topological polar surface area (TPSA) is 83.8 Å². The Hall–Kier alpha value is -1.52. The van der Waals surface area contributed by atoms with Crippen molar-refractivity contribution in [2.75, 3.05) is 6.61 Å². The molecule has 0 heterocycles. The first-order chi connectivity index (χ1) is 5.90. The molecule has 0 spiro atoms.